The van der Waals surface area contributed by atoms with Gasteiger partial charge in [0.2, 0.25) is 15.8 Å². The third kappa shape index (κ3) is 3.94. The smallest absolute Gasteiger partial charge is 0.251 e. The van der Waals surface area contributed by atoms with Crippen LogP contribution in [0.4, 0.5) is 0 Å². The molecule has 9 heteroatoms. The van der Waals surface area contributed by atoms with Crippen LogP contribution in [-0.4, -0.2) is 28.7 Å². The topological polar surface area (TPSA) is 119 Å². The van der Waals surface area contributed by atoms with Gasteiger partial charge in [-0.3, -0.25) is 9.20 Å². The third-order valence-corrected chi connectivity index (χ3v) is 4.04. The molecule has 2 heterocycles. The number of primary sulfonamides is 1. The Hall–Kier alpha value is -2.78. The van der Waals surface area contributed by atoms with Crippen LogP contribution in [0.1, 0.15) is 21.5 Å². The lowest BCUT2D eigenvalue weighted by Crippen LogP contribution is -2.23. The van der Waals surface area contributed by atoms with E-state index >= 15 is 0 Å². The van der Waals surface area contributed by atoms with Crippen molar-refractivity contribution in [2.24, 2.45) is 5.14 Å². The summed E-state index contributed by atoms with van der Waals surface area (Å²) in [4.78, 5) is 20.4. The molecule has 1 amide bonds. The molecule has 1 aromatic carbocycles. The van der Waals surface area contributed by atoms with Crippen molar-refractivity contribution in [1.82, 2.24) is 19.7 Å². The first-order chi connectivity index (χ1) is 11.4. The highest BCUT2D eigenvalue weighted by Crippen LogP contribution is 2.08. The highest BCUT2D eigenvalue weighted by Gasteiger charge is 2.10. The third-order valence-electron chi connectivity index (χ3n) is 3.31. The Bertz CT molecular complexity index is 997. The molecule has 124 valence electrons. The van der Waals surface area contributed by atoms with Gasteiger partial charge in [-0.2, -0.15) is 0 Å². The van der Waals surface area contributed by atoms with Crippen molar-refractivity contribution < 1.29 is 13.2 Å². The maximum Gasteiger partial charge on any atom is 0.251 e. The zero-order valence-electron chi connectivity index (χ0n) is 12.6. The van der Waals surface area contributed by atoms with E-state index in [1.807, 2.05) is 6.20 Å². The van der Waals surface area contributed by atoms with Crippen molar-refractivity contribution in [2.45, 2.75) is 12.3 Å². The summed E-state index contributed by atoms with van der Waals surface area (Å²) in [7, 11) is -3.64. The van der Waals surface area contributed by atoms with Crippen LogP contribution in [0.5, 0.6) is 0 Å². The van der Waals surface area contributed by atoms with Crippen molar-refractivity contribution >= 4 is 21.7 Å². The molecule has 0 radical (unpaired) electrons. The van der Waals surface area contributed by atoms with Gasteiger partial charge in [0.05, 0.1) is 5.75 Å². The van der Waals surface area contributed by atoms with E-state index in [9.17, 15) is 13.2 Å². The molecule has 0 aliphatic heterocycles. The van der Waals surface area contributed by atoms with Crippen molar-refractivity contribution in [3.05, 3.63) is 65.7 Å². The fourth-order valence-corrected chi connectivity index (χ4v) is 2.91. The standard InChI is InChI=1S/C15H15N5O3S/c16-24(22,23)10-11-2-1-3-13(6-11)14(21)18-7-12-8-19-15-17-4-5-20(15)9-12/h1-6,8-9H,7,10H2,(H,18,21)(H2,16,22,23). The van der Waals surface area contributed by atoms with Crippen molar-refractivity contribution in [3.8, 4) is 0 Å². The van der Waals surface area contributed by atoms with Crippen LogP contribution in [0.2, 0.25) is 0 Å². The number of nitrogens with two attached hydrogens (primary N) is 1. The molecule has 0 spiro atoms. The fraction of sp³-hybridized carbons (Fsp3) is 0.133. The molecule has 24 heavy (non-hydrogen) atoms. The number of amides is 1. The molecule has 0 fully saturated rings. The maximum atomic E-state index is 12.2. The van der Waals surface area contributed by atoms with Crippen LogP contribution in [0.15, 0.2) is 49.1 Å². The Kier molecular flexibility index (Phi) is 4.28. The maximum absolute atomic E-state index is 12.2. The number of nitrogens with zero attached hydrogens (tertiary/aromatic N) is 3. The first-order valence-corrected chi connectivity index (χ1v) is 8.77. The summed E-state index contributed by atoms with van der Waals surface area (Å²) in [6.45, 7) is 0.291. The molecule has 8 nitrogen and oxygen atoms in total. The molecule has 2 aromatic heterocycles. The molecular formula is C15H15N5O3S. The van der Waals surface area contributed by atoms with E-state index in [2.05, 4.69) is 15.3 Å². The number of carbonyl (C=O) groups is 1. The second-order valence-corrected chi connectivity index (χ2v) is 6.90. The quantitative estimate of drug-likeness (QED) is 0.696. The van der Waals surface area contributed by atoms with Crippen LogP contribution >= 0.6 is 0 Å². The van der Waals surface area contributed by atoms with Crippen LogP contribution in [0.3, 0.4) is 0 Å². The SMILES string of the molecule is NS(=O)(=O)Cc1cccc(C(=O)NCc2cnc3nccn3c2)c1. The number of nitrogens with one attached hydrogen (secondary N) is 1. The van der Waals surface area contributed by atoms with E-state index in [1.165, 1.54) is 6.07 Å². The summed E-state index contributed by atoms with van der Waals surface area (Å²) in [6.07, 6.45) is 6.87. The Balaban J connectivity index is 1.69. The molecule has 3 aromatic rings. The largest absolute Gasteiger partial charge is 0.348 e. The van der Waals surface area contributed by atoms with Crippen LogP contribution in [-0.2, 0) is 22.3 Å². The molecule has 0 bridgehead atoms. The summed E-state index contributed by atoms with van der Waals surface area (Å²) >= 11 is 0. The van der Waals surface area contributed by atoms with Crippen LogP contribution in [0.25, 0.3) is 5.78 Å². The molecule has 0 atom stereocenters. The lowest BCUT2D eigenvalue weighted by atomic mass is 10.1. The van der Waals surface area contributed by atoms with Gasteiger partial charge in [0.25, 0.3) is 5.91 Å². The van der Waals surface area contributed by atoms with Gasteiger partial charge in [0.15, 0.2) is 0 Å². The minimum absolute atomic E-state index is 0.291. The number of aromatic nitrogens is 3. The van der Waals surface area contributed by atoms with E-state index in [0.717, 1.165) is 5.56 Å². The van der Waals surface area contributed by atoms with E-state index in [4.69, 9.17) is 5.14 Å². The van der Waals surface area contributed by atoms with Crippen molar-refractivity contribution in [2.75, 3.05) is 0 Å². The Labute approximate surface area is 138 Å². The van der Waals surface area contributed by atoms with Crippen molar-refractivity contribution in [1.29, 1.82) is 0 Å². The molecule has 0 saturated heterocycles. The van der Waals surface area contributed by atoms with E-state index in [0.29, 0.717) is 23.4 Å². The van der Waals surface area contributed by atoms with Gasteiger partial charge in [0.1, 0.15) is 0 Å². The van der Waals surface area contributed by atoms with Gasteiger partial charge < -0.3 is 5.32 Å². The molecule has 0 aliphatic rings. The Morgan fingerprint density at radius 2 is 2.08 bits per heavy atom. The zero-order chi connectivity index (χ0) is 17.2. The number of hydrogen-bond donors (Lipinski definition) is 2. The number of fused-ring (bicyclic) bond motifs is 1. The van der Waals surface area contributed by atoms with Gasteiger partial charge in [-0.15, -0.1) is 0 Å². The van der Waals surface area contributed by atoms with Gasteiger partial charge in [0, 0.05) is 42.5 Å². The van der Waals surface area contributed by atoms with E-state index in [1.54, 1.807) is 41.2 Å². The highest BCUT2D eigenvalue weighted by molar-refractivity contribution is 7.88. The summed E-state index contributed by atoms with van der Waals surface area (Å²) in [5.74, 6) is -0.0345. The lowest BCUT2D eigenvalue weighted by molar-refractivity contribution is 0.0950. The molecule has 0 unspecified atom stereocenters. The summed E-state index contributed by atoms with van der Waals surface area (Å²) in [5, 5.41) is 7.79. The summed E-state index contributed by atoms with van der Waals surface area (Å²) < 4.78 is 24.0. The summed E-state index contributed by atoms with van der Waals surface area (Å²) in [5.41, 5.74) is 1.65. The number of rotatable bonds is 5. The lowest BCUT2D eigenvalue weighted by Gasteiger charge is -2.07. The first kappa shape index (κ1) is 16.1. The molecule has 0 saturated carbocycles. The van der Waals surface area contributed by atoms with E-state index in [-0.39, 0.29) is 11.7 Å². The predicted octanol–water partition coefficient (Wildman–Crippen LogP) is 0.448. The van der Waals surface area contributed by atoms with Crippen LogP contribution in [0, 0.1) is 0 Å². The van der Waals surface area contributed by atoms with Crippen LogP contribution < -0.4 is 10.5 Å². The Morgan fingerprint density at radius 1 is 1.25 bits per heavy atom. The van der Waals surface area contributed by atoms with Gasteiger partial charge in [-0.25, -0.2) is 23.5 Å². The predicted molar refractivity (Wildman–Crippen MR) is 87.4 cm³/mol. The number of imidazole rings is 1. The fourth-order valence-electron chi connectivity index (χ4n) is 2.27. The average molecular weight is 345 g/mol. The second-order valence-electron chi connectivity index (χ2n) is 5.29. The zero-order valence-corrected chi connectivity index (χ0v) is 13.4. The molecular weight excluding hydrogens is 330 g/mol. The minimum Gasteiger partial charge on any atom is -0.348 e. The van der Waals surface area contributed by atoms with Gasteiger partial charge in [-0.05, 0) is 17.7 Å². The number of carbonyl (C=O) groups excluding carboxylic acids is 1. The number of benzene rings is 1. The number of hydrogen-bond acceptors (Lipinski definition) is 5. The highest BCUT2D eigenvalue weighted by atomic mass is 32.2. The van der Waals surface area contributed by atoms with Crippen molar-refractivity contribution in [3.63, 3.8) is 0 Å². The minimum atomic E-state index is -3.64. The normalized spacial score (nSPS) is 11.5. The number of sulfonamides is 1. The molecule has 3 rings (SSSR count). The molecule has 3 N–H and O–H groups in total. The van der Waals surface area contributed by atoms with E-state index < -0.39 is 10.0 Å². The molecule has 0 aliphatic carbocycles. The first-order valence-electron chi connectivity index (χ1n) is 7.06. The summed E-state index contributed by atoms with van der Waals surface area (Å²) in [6, 6.07) is 6.35. The average Bonchev–Trinajstić information content (AvgIpc) is 2.98. The monoisotopic (exact) mass is 345 g/mol. The van der Waals surface area contributed by atoms with Gasteiger partial charge in [-0.1, -0.05) is 12.1 Å². The second kappa shape index (κ2) is 6.38. The van der Waals surface area contributed by atoms with Gasteiger partial charge >= 0.3 is 0 Å². The Morgan fingerprint density at radius 3 is 2.88 bits per heavy atom.